The molecule has 0 fully saturated rings. The van der Waals surface area contributed by atoms with Gasteiger partial charge in [-0.1, -0.05) is 63.4 Å². The Kier molecular flexibility index (Phi) is 6.66. The van der Waals surface area contributed by atoms with E-state index < -0.39 is 0 Å². The average Bonchev–Trinajstić information content (AvgIpc) is 2.44. The van der Waals surface area contributed by atoms with Crippen LogP contribution in [-0.2, 0) is 21.7 Å². The van der Waals surface area contributed by atoms with Crippen LogP contribution < -0.4 is 5.11 Å². The second kappa shape index (κ2) is 6.96. The van der Waals surface area contributed by atoms with Crippen molar-refractivity contribution in [3.8, 4) is 5.75 Å². The van der Waals surface area contributed by atoms with Gasteiger partial charge in [-0.25, -0.2) is 5.57 Å². The third kappa shape index (κ3) is 4.47. The van der Waals surface area contributed by atoms with E-state index in [1.807, 2.05) is 6.07 Å². The molecule has 1 aliphatic rings. The Labute approximate surface area is 126 Å². The molecule has 0 saturated carbocycles. The standard InChI is InChI=1S/C10H15.C6H6O.Ti/c1-7-6-10(4,5)9(3)8(7)2;7-6-4-2-1-3-5-6;/h1-5H3;1-5,7H;/q-1;;+2/p-1. The SMILES string of the molecule is CC1=[C-]C(C)(C)C(C)=C1C.[O-]c1ccccc1.[Ti+2]. The fraction of sp³-hybridized carbons (Fsp3) is 0.375. The zero-order chi connectivity index (χ0) is 13.1. The first-order valence-electron chi connectivity index (χ1n) is 5.86. The van der Waals surface area contributed by atoms with E-state index in [-0.39, 0.29) is 32.9 Å². The Morgan fingerprint density at radius 2 is 1.50 bits per heavy atom. The molecule has 0 bridgehead atoms. The van der Waals surface area contributed by atoms with Gasteiger partial charge >= 0.3 is 21.7 Å². The van der Waals surface area contributed by atoms with Crippen molar-refractivity contribution in [2.75, 3.05) is 0 Å². The number of rotatable bonds is 0. The van der Waals surface area contributed by atoms with Crippen LogP contribution in [0, 0.1) is 11.5 Å². The molecule has 0 aliphatic heterocycles. The van der Waals surface area contributed by atoms with Crippen molar-refractivity contribution in [1.82, 2.24) is 0 Å². The van der Waals surface area contributed by atoms with E-state index in [1.165, 1.54) is 28.9 Å². The molecule has 1 aliphatic carbocycles. The van der Waals surface area contributed by atoms with Gasteiger partial charge in [0.1, 0.15) is 0 Å². The average molecular weight is 276 g/mol. The van der Waals surface area contributed by atoms with Crippen molar-refractivity contribution in [3.05, 3.63) is 53.1 Å². The molecular weight excluding hydrogens is 256 g/mol. The van der Waals surface area contributed by atoms with Crippen LogP contribution in [0.1, 0.15) is 34.6 Å². The van der Waals surface area contributed by atoms with Gasteiger partial charge < -0.3 is 5.11 Å². The van der Waals surface area contributed by atoms with Crippen LogP contribution in [0.3, 0.4) is 0 Å². The van der Waals surface area contributed by atoms with Crippen LogP contribution in [0.5, 0.6) is 5.75 Å². The molecule has 0 saturated heterocycles. The molecule has 0 aromatic heterocycles. The number of allylic oxidation sites excluding steroid dienone is 4. The number of para-hydroxylation sites is 1. The van der Waals surface area contributed by atoms with Crippen LogP contribution in [0.2, 0.25) is 0 Å². The monoisotopic (exact) mass is 276 g/mol. The van der Waals surface area contributed by atoms with Gasteiger partial charge in [-0.2, -0.15) is 11.1 Å². The van der Waals surface area contributed by atoms with Gasteiger partial charge in [0.2, 0.25) is 0 Å². The van der Waals surface area contributed by atoms with Gasteiger partial charge in [0, 0.05) is 0 Å². The van der Waals surface area contributed by atoms with E-state index in [2.05, 4.69) is 40.7 Å². The largest absolute Gasteiger partial charge is 2.00 e. The van der Waals surface area contributed by atoms with Crippen LogP contribution in [0.4, 0.5) is 0 Å². The topological polar surface area (TPSA) is 23.1 Å². The molecule has 0 N–H and O–H groups in total. The Balaban J connectivity index is 0.000000321. The fourth-order valence-corrected chi connectivity index (χ4v) is 1.83. The van der Waals surface area contributed by atoms with Crippen molar-refractivity contribution in [2.24, 2.45) is 5.41 Å². The van der Waals surface area contributed by atoms with E-state index in [4.69, 9.17) is 0 Å². The minimum absolute atomic E-state index is 0. The summed E-state index contributed by atoms with van der Waals surface area (Å²) < 4.78 is 0. The molecule has 94 valence electrons. The summed E-state index contributed by atoms with van der Waals surface area (Å²) in [4.78, 5) is 0. The molecule has 0 spiro atoms. The summed E-state index contributed by atoms with van der Waals surface area (Å²) in [6.45, 7) is 10.9. The van der Waals surface area contributed by atoms with Crippen molar-refractivity contribution in [3.63, 3.8) is 0 Å². The summed E-state index contributed by atoms with van der Waals surface area (Å²) in [5, 5.41) is 10.3. The predicted octanol–water partition coefficient (Wildman–Crippen LogP) is 3.87. The molecule has 18 heavy (non-hydrogen) atoms. The molecular formula is C16H20OTi. The minimum atomic E-state index is 0. The van der Waals surface area contributed by atoms with Crippen molar-refractivity contribution in [2.45, 2.75) is 34.6 Å². The Hall–Kier alpha value is -0.786. The molecule has 2 heteroatoms. The van der Waals surface area contributed by atoms with Gasteiger partial charge in [-0.15, -0.1) is 12.7 Å². The molecule has 1 aromatic rings. The number of hydrogen-bond donors (Lipinski definition) is 0. The van der Waals surface area contributed by atoms with Gasteiger partial charge in [-0.3, -0.25) is 6.08 Å². The maximum atomic E-state index is 10.3. The molecule has 0 unspecified atom stereocenters. The Morgan fingerprint density at radius 1 is 1.00 bits per heavy atom. The van der Waals surface area contributed by atoms with E-state index in [0.717, 1.165) is 0 Å². The zero-order valence-electron chi connectivity index (χ0n) is 11.8. The molecule has 0 amide bonds. The summed E-state index contributed by atoms with van der Waals surface area (Å²) in [5.74, 6) is 0.0718. The molecule has 1 nitrogen and oxygen atoms in total. The quantitative estimate of drug-likeness (QED) is 0.521. The minimum Gasteiger partial charge on any atom is -0.872 e. The summed E-state index contributed by atoms with van der Waals surface area (Å²) >= 11 is 0. The van der Waals surface area contributed by atoms with Crippen LogP contribution in [-0.4, -0.2) is 0 Å². The second-order valence-corrected chi connectivity index (χ2v) is 4.94. The van der Waals surface area contributed by atoms with Crippen LogP contribution in [0.15, 0.2) is 47.1 Å². The smallest absolute Gasteiger partial charge is 0.872 e. The molecule has 2 rings (SSSR count). The van der Waals surface area contributed by atoms with E-state index in [1.54, 1.807) is 12.1 Å². The van der Waals surface area contributed by atoms with Crippen molar-refractivity contribution >= 4 is 0 Å². The zero-order valence-corrected chi connectivity index (χ0v) is 13.4. The normalized spacial score (nSPS) is 16.4. The molecule has 0 radical (unpaired) electrons. The maximum Gasteiger partial charge on any atom is 2.00 e. The fourth-order valence-electron chi connectivity index (χ4n) is 1.83. The molecule has 0 heterocycles. The van der Waals surface area contributed by atoms with Crippen LogP contribution >= 0.6 is 0 Å². The Morgan fingerprint density at radius 3 is 1.67 bits per heavy atom. The summed E-state index contributed by atoms with van der Waals surface area (Å²) in [5.41, 5.74) is 4.39. The number of hydrogen-bond acceptors (Lipinski definition) is 1. The predicted molar refractivity (Wildman–Crippen MR) is 70.5 cm³/mol. The van der Waals surface area contributed by atoms with Crippen LogP contribution in [0.25, 0.3) is 0 Å². The Bertz CT molecular complexity index is 441. The third-order valence-corrected chi connectivity index (χ3v) is 3.31. The van der Waals surface area contributed by atoms with Gasteiger partial charge in [0.15, 0.2) is 0 Å². The third-order valence-electron chi connectivity index (χ3n) is 3.31. The first kappa shape index (κ1) is 17.2. The molecule has 0 atom stereocenters. The first-order valence-corrected chi connectivity index (χ1v) is 5.86. The second-order valence-electron chi connectivity index (χ2n) is 4.94. The number of benzene rings is 1. The van der Waals surface area contributed by atoms with Gasteiger partial charge in [0.25, 0.3) is 0 Å². The van der Waals surface area contributed by atoms with E-state index in [9.17, 15) is 5.11 Å². The summed E-state index contributed by atoms with van der Waals surface area (Å²) in [7, 11) is 0. The molecule has 1 aromatic carbocycles. The summed E-state index contributed by atoms with van der Waals surface area (Å²) in [6.07, 6.45) is 3.44. The van der Waals surface area contributed by atoms with Crippen molar-refractivity contribution in [1.29, 1.82) is 0 Å². The first-order chi connectivity index (χ1) is 7.84. The van der Waals surface area contributed by atoms with Crippen molar-refractivity contribution < 1.29 is 26.8 Å². The van der Waals surface area contributed by atoms with E-state index in [0.29, 0.717) is 0 Å². The maximum absolute atomic E-state index is 10.3. The van der Waals surface area contributed by atoms with E-state index >= 15 is 0 Å². The summed E-state index contributed by atoms with van der Waals surface area (Å²) in [6, 6.07) is 8.33. The van der Waals surface area contributed by atoms with Gasteiger partial charge in [-0.05, 0) is 0 Å². The van der Waals surface area contributed by atoms with Gasteiger partial charge in [0.05, 0.1) is 0 Å².